The minimum absolute atomic E-state index is 0.00180. The van der Waals surface area contributed by atoms with Gasteiger partial charge < -0.3 is 19.9 Å². The van der Waals surface area contributed by atoms with Crippen molar-refractivity contribution in [1.29, 1.82) is 0 Å². The van der Waals surface area contributed by atoms with Crippen molar-refractivity contribution >= 4 is 11.9 Å². The smallest absolute Gasteiger partial charge is 0.330 e. The van der Waals surface area contributed by atoms with Gasteiger partial charge in [-0.25, -0.2) is 4.79 Å². The van der Waals surface area contributed by atoms with E-state index in [4.69, 9.17) is 9.47 Å². The van der Waals surface area contributed by atoms with Crippen molar-refractivity contribution in [2.24, 2.45) is 34.5 Å². The Balaban J connectivity index is 1.83. The van der Waals surface area contributed by atoms with Gasteiger partial charge in [0.1, 0.15) is 6.61 Å². The van der Waals surface area contributed by atoms with Crippen LogP contribution in [0.25, 0.3) is 0 Å². The lowest BCUT2D eigenvalue weighted by atomic mass is 9.42. The number of hydrogen-bond acceptors (Lipinski definition) is 6. The zero-order valence-electron chi connectivity index (χ0n) is 19.2. The third kappa shape index (κ3) is 3.93. The first-order chi connectivity index (χ1) is 14.2. The number of aliphatic hydroxyl groups excluding tert-OH is 1. The summed E-state index contributed by atoms with van der Waals surface area (Å²) in [6.07, 6.45) is 6.48. The van der Waals surface area contributed by atoms with Crippen LogP contribution >= 0.6 is 0 Å². The minimum Gasteiger partial charge on any atom is -0.469 e. The number of hydrogen-bond donors (Lipinski definition) is 2. The van der Waals surface area contributed by atoms with Crippen molar-refractivity contribution < 1.29 is 24.2 Å². The van der Waals surface area contributed by atoms with Gasteiger partial charge in [0.25, 0.3) is 0 Å². The van der Waals surface area contributed by atoms with Gasteiger partial charge in [0.15, 0.2) is 0 Å². The number of likely N-dealkylation sites (N-methyl/N-ethyl adjacent to an activating group) is 1. The highest BCUT2D eigenvalue weighted by molar-refractivity contribution is 5.83. The Bertz CT molecular complexity index is 691. The Morgan fingerprint density at radius 1 is 1.30 bits per heavy atom. The first kappa shape index (κ1) is 23.3. The molecule has 6 nitrogen and oxygen atoms in total. The monoisotopic (exact) mass is 421 g/mol. The Hall–Kier alpha value is -1.40. The van der Waals surface area contributed by atoms with Gasteiger partial charge in [0.2, 0.25) is 0 Å². The maximum absolute atomic E-state index is 12.7. The number of carbonyl (C=O) groups is 2. The third-order valence-corrected chi connectivity index (χ3v) is 8.67. The Labute approximate surface area is 180 Å². The highest BCUT2D eigenvalue weighted by atomic mass is 16.5. The molecule has 170 valence electrons. The molecule has 0 aliphatic heterocycles. The summed E-state index contributed by atoms with van der Waals surface area (Å²) in [5.41, 5.74) is 0.542. The van der Waals surface area contributed by atoms with Crippen LogP contribution in [0.4, 0.5) is 0 Å². The number of methoxy groups -OCH3 is 1. The molecule has 3 fully saturated rings. The van der Waals surface area contributed by atoms with Crippen LogP contribution in [-0.2, 0) is 19.1 Å². The Morgan fingerprint density at radius 3 is 2.70 bits per heavy atom. The van der Waals surface area contributed by atoms with E-state index in [1.54, 1.807) is 6.08 Å². The lowest BCUT2D eigenvalue weighted by Gasteiger charge is -2.62. The standard InChI is InChI=1S/C24H39NO5/c1-15-16(13-20(27)30-12-11-25-4)7-8-17-21(15)18(26)14-19-23(17,2)9-6-10-24(19,3)22(28)29-5/h13,15,17-19,21,25-26H,6-12,14H2,1-5H3/t15-,17-,18-,19+,21-,23+,24-/m0/s1. The van der Waals surface area contributed by atoms with Crippen LogP contribution in [0.5, 0.6) is 0 Å². The molecule has 3 aliphatic rings. The molecule has 7 atom stereocenters. The fourth-order valence-corrected chi connectivity index (χ4v) is 7.12. The zero-order chi connectivity index (χ0) is 22.1. The van der Waals surface area contributed by atoms with Gasteiger partial charge in [-0.1, -0.05) is 25.8 Å². The lowest BCUT2D eigenvalue weighted by Crippen LogP contribution is -2.60. The van der Waals surface area contributed by atoms with E-state index in [0.717, 1.165) is 37.7 Å². The number of nitrogens with one attached hydrogen (secondary N) is 1. The largest absolute Gasteiger partial charge is 0.469 e. The molecule has 0 unspecified atom stereocenters. The van der Waals surface area contributed by atoms with E-state index >= 15 is 0 Å². The highest BCUT2D eigenvalue weighted by Crippen LogP contribution is 2.65. The number of rotatable bonds is 5. The summed E-state index contributed by atoms with van der Waals surface area (Å²) in [5.74, 6) is 0.249. The van der Waals surface area contributed by atoms with E-state index in [-0.39, 0.29) is 35.1 Å². The van der Waals surface area contributed by atoms with Gasteiger partial charge in [-0.2, -0.15) is 0 Å². The molecule has 3 aliphatic carbocycles. The first-order valence-electron chi connectivity index (χ1n) is 11.5. The maximum atomic E-state index is 12.7. The van der Waals surface area contributed by atoms with Crippen molar-refractivity contribution in [3.8, 4) is 0 Å². The van der Waals surface area contributed by atoms with Crippen molar-refractivity contribution in [3.63, 3.8) is 0 Å². The molecule has 0 saturated heterocycles. The van der Waals surface area contributed by atoms with E-state index in [9.17, 15) is 14.7 Å². The lowest BCUT2D eigenvalue weighted by molar-refractivity contribution is -0.189. The van der Waals surface area contributed by atoms with Crippen molar-refractivity contribution in [2.75, 3.05) is 27.3 Å². The van der Waals surface area contributed by atoms with Crippen molar-refractivity contribution in [2.45, 2.75) is 65.4 Å². The SMILES string of the molecule is CNCCOC(=O)C=C1CC[C@H]2[C@@H]([C@@H](O)C[C@@H]3[C@]2(C)CCC[C@]3(C)C(=O)OC)[C@H]1C. The number of allylic oxidation sites excluding steroid dienone is 1. The van der Waals surface area contributed by atoms with Crippen LogP contribution in [0, 0.1) is 34.5 Å². The summed E-state index contributed by atoms with van der Waals surface area (Å²) in [5, 5.41) is 14.2. The van der Waals surface area contributed by atoms with Gasteiger partial charge in [0.05, 0.1) is 18.6 Å². The summed E-state index contributed by atoms with van der Waals surface area (Å²) < 4.78 is 10.5. The van der Waals surface area contributed by atoms with E-state index in [2.05, 4.69) is 19.2 Å². The Morgan fingerprint density at radius 2 is 2.03 bits per heavy atom. The van der Waals surface area contributed by atoms with Crippen molar-refractivity contribution in [1.82, 2.24) is 5.32 Å². The topological polar surface area (TPSA) is 84.9 Å². The molecule has 6 heteroatoms. The average Bonchev–Trinajstić information content (AvgIpc) is 2.71. The molecular formula is C24H39NO5. The van der Waals surface area contributed by atoms with Gasteiger partial charge in [0, 0.05) is 12.6 Å². The third-order valence-electron chi connectivity index (χ3n) is 8.67. The van der Waals surface area contributed by atoms with E-state index < -0.39 is 11.5 Å². The molecule has 3 rings (SSSR count). The van der Waals surface area contributed by atoms with Gasteiger partial charge in [-0.3, -0.25) is 4.79 Å². The summed E-state index contributed by atoms with van der Waals surface area (Å²) in [4.78, 5) is 24.9. The van der Waals surface area contributed by atoms with Crippen LogP contribution < -0.4 is 5.32 Å². The van der Waals surface area contributed by atoms with Crippen LogP contribution in [-0.4, -0.2) is 50.5 Å². The maximum Gasteiger partial charge on any atom is 0.330 e. The molecule has 30 heavy (non-hydrogen) atoms. The quantitative estimate of drug-likeness (QED) is 0.403. The molecule has 0 aromatic rings. The molecule has 3 saturated carbocycles. The van der Waals surface area contributed by atoms with Gasteiger partial charge >= 0.3 is 11.9 Å². The zero-order valence-corrected chi connectivity index (χ0v) is 19.2. The van der Waals surface area contributed by atoms with Crippen LogP contribution in [0.3, 0.4) is 0 Å². The number of carbonyl (C=O) groups excluding carboxylic acids is 2. The van der Waals surface area contributed by atoms with Gasteiger partial charge in [-0.05, 0) is 75.2 Å². The number of fused-ring (bicyclic) bond motifs is 3. The predicted octanol–water partition coefficient (Wildman–Crippen LogP) is 3.09. The fourth-order valence-electron chi connectivity index (χ4n) is 7.12. The summed E-state index contributed by atoms with van der Waals surface area (Å²) >= 11 is 0. The second kappa shape index (κ2) is 8.99. The first-order valence-corrected chi connectivity index (χ1v) is 11.5. The normalized spacial score (nSPS) is 42.2. The average molecular weight is 422 g/mol. The molecule has 0 aromatic heterocycles. The van der Waals surface area contributed by atoms with E-state index in [1.165, 1.54) is 7.11 Å². The molecule has 2 N–H and O–H groups in total. The second-order valence-electron chi connectivity index (χ2n) is 10.1. The molecule has 0 bridgehead atoms. The Kier molecular flexibility index (Phi) is 6.97. The van der Waals surface area contributed by atoms with E-state index in [0.29, 0.717) is 25.5 Å². The molecule has 0 heterocycles. The number of esters is 2. The highest BCUT2D eigenvalue weighted by Gasteiger charge is 2.62. The summed E-state index contributed by atoms with van der Waals surface area (Å²) in [6, 6.07) is 0. The van der Waals surface area contributed by atoms with Crippen molar-refractivity contribution in [3.05, 3.63) is 11.6 Å². The second-order valence-corrected chi connectivity index (χ2v) is 10.1. The fraction of sp³-hybridized carbons (Fsp3) is 0.833. The molecular weight excluding hydrogens is 382 g/mol. The molecule has 0 amide bonds. The van der Waals surface area contributed by atoms with E-state index in [1.807, 2.05) is 14.0 Å². The van der Waals surface area contributed by atoms with Gasteiger partial charge in [-0.15, -0.1) is 0 Å². The minimum atomic E-state index is -0.538. The molecule has 0 aromatic carbocycles. The number of aliphatic hydroxyl groups is 1. The summed E-state index contributed by atoms with van der Waals surface area (Å²) in [6.45, 7) is 7.49. The molecule has 0 spiro atoms. The van der Waals surface area contributed by atoms with Crippen LogP contribution in [0.2, 0.25) is 0 Å². The molecule has 0 radical (unpaired) electrons. The van der Waals surface area contributed by atoms with Crippen LogP contribution in [0.15, 0.2) is 11.6 Å². The predicted molar refractivity (Wildman–Crippen MR) is 115 cm³/mol. The number of ether oxygens (including phenoxy) is 2. The van der Waals surface area contributed by atoms with Crippen LogP contribution in [0.1, 0.15) is 59.3 Å². The summed E-state index contributed by atoms with van der Waals surface area (Å²) in [7, 11) is 3.29.